The molecule has 2 heterocycles. The zero-order valence-electron chi connectivity index (χ0n) is 10.7. The molecule has 0 saturated heterocycles. The first kappa shape index (κ1) is 12.4. The lowest BCUT2D eigenvalue weighted by atomic mass is 10.0. The number of rotatable bonds is 3. The van der Waals surface area contributed by atoms with E-state index >= 15 is 0 Å². The summed E-state index contributed by atoms with van der Waals surface area (Å²) in [4.78, 5) is 10.4. The zero-order chi connectivity index (χ0) is 12.9. The Morgan fingerprint density at radius 1 is 0.947 bits per heavy atom. The van der Waals surface area contributed by atoms with Crippen molar-refractivity contribution in [3.8, 4) is 0 Å². The third-order valence-electron chi connectivity index (χ3n) is 3.16. The summed E-state index contributed by atoms with van der Waals surface area (Å²) in [5, 5.41) is 1.06. The molecule has 0 bridgehead atoms. The van der Waals surface area contributed by atoms with Gasteiger partial charge in [-0.25, -0.2) is 4.98 Å². The molecule has 96 valence electrons. The second-order valence-electron chi connectivity index (χ2n) is 4.56. The first-order valence-electron chi connectivity index (χ1n) is 6.65. The van der Waals surface area contributed by atoms with Gasteiger partial charge in [-0.3, -0.25) is 4.99 Å². The molecule has 0 fully saturated rings. The van der Waals surface area contributed by atoms with Crippen molar-refractivity contribution in [2.75, 3.05) is 6.54 Å². The van der Waals surface area contributed by atoms with E-state index in [-0.39, 0.29) is 0 Å². The van der Waals surface area contributed by atoms with Gasteiger partial charge in [-0.15, -0.1) is 0 Å². The summed E-state index contributed by atoms with van der Waals surface area (Å²) in [6.07, 6.45) is 5.39. The minimum absolute atomic E-state index is 0.958. The number of nitrogens with zero attached hydrogens (tertiary/aromatic N) is 2. The maximum absolute atomic E-state index is 4.67. The molecule has 2 nitrogen and oxygen atoms in total. The number of hydrogen-bond acceptors (Lipinski definition) is 3. The first-order chi connectivity index (χ1) is 9.43. The quantitative estimate of drug-likeness (QED) is 0.833. The highest BCUT2D eigenvalue weighted by Gasteiger charge is 2.13. The highest BCUT2D eigenvalue weighted by molar-refractivity contribution is 7.99. The lowest BCUT2D eigenvalue weighted by Crippen LogP contribution is -2.09. The molecular formula is C16H16N2S. The van der Waals surface area contributed by atoms with Crippen LogP contribution in [0.3, 0.4) is 0 Å². The van der Waals surface area contributed by atoms with Crippen molar-refractivity contribution >= 4 is 17.5 Å². The number of aromatic nitrogens is 1. The molecule has 0 N–H and O–H groups in total. The van der Waals surface area contributed by atoms with Crippen molar-refractivity contribution in [1.29, 1.82) is 0 Å². The van der Waals surface area contributed by atoms with E-state index in [4.69, 9.17) is 0 Å². The van der Waals surface area contributed by atoms with Crippen LogP contribution in [0.5, 0.6) is 0 Å². The topological polar surface area (TPSA) is 25.2 Å². The number of aliphatic imine (C=N–C) groups is 1. The van der Waals surface area contributed by atoms with Gasteiger partial charge in [0.25, 0.3) is 0 Å². The molecule has 2 aromatic rings. The van der Waals surface area contributed by atoms with Crippen molar-refractivity contribution < 1.29 is 0 Å². The third kappa shape index (κ3) is 3.04. The van der Waals surface area contributed by atoms with E-state index in [1.54, 1.807) is 11.8 Å². The Bertz CT molecular complexity index is 578. The van der Waals surface area contributed by atoms with E-state index in [1.807, 2.05) is 18.3 Å². The van der Waals surface area contributed by atoms with E-state index in [9.17, 15) is 0 Å². The molecule has 19 heavy (non-hydrogen) atoms. The van der Waals surface area contributed by atoms with E-state index in [0.717, 1.165) is 18.0 Å². The van der Waals surface area contributed by atoms with E-state index in [2.05, 4.69) is 40.3 Å². The van der Waals surface area contributed by atoms with Crippen LogP contribution >= 0.6 is 11.8 Å². The van der Waals surface area contributed by atoms with Crippen molar-refractivity contribution in [3.63, 3.8) is 0 Å². The predicted octanol–water partition coefficient (Wildman–Crippen LogP) is 4.21. The van der Waals surface area contributed by atoms with Crippen LogP contribution in [0.15, 0.2) is 63.6 Å². The lowest BCUT2D eigenvalue weighted by molar-refractivity contribution is 0.737. The number of pyridine rings is 1. The summed E-state index contributed by atoms with van der Waals surface area (Å²) in [6, 6.07) is 14.5. The Morgan fingerprint density at radius 3 is 2.63 bits per heavy atom. The predicted molar refractivity (Wildman–Crippen MR) is 80.1 cm³/mol. The van der Waals surface area contributed by atoms with Crippen LogP contribution in [0.4, 0.5) is 0 Å². The monoisotopic (exact) mass is 268 g/mol. The van der Waals surface area contributed by atoms with E-state index < -0.39 is 0 Å². The summed E-state index contributed by atoms with van der Waals surface area (Å²) >= 11 is 1.72. The Balaban J connectivity index is 1.91. The van der Waals surface area contributed by atoms with Gasteiger partial charge in [0.15, 0.2) is 0 Å². The highest BCUT2D eigenvalue weighted by Crippen LogP contribution is 2.30. The summed E-state index contributed by atoms with van der Waals surface area (Å²) < 4.78 is 0. The van der Waals surface area contributed by atoms with E-state index in [1.165, 1.54) is 29.0 Å². The van der Waals surface area contributed by atoms with E-state index in [0.29, 0.717) is 0 Å². The number of benzene rings is 1. The SMILES string of the molecule is c1ccc(Sc2ncccc2C2=NCCCC2)cc1. The first-order valence-corrected chi connectivity index (χ1v) is 7.47. The molecule has 0 saturated carbocycles. The van der Waals surface area contributed by atoms with Gasteiger partial charge in [0.05, 0.1) is 0 Å². The Hall–Kier alpha value is -1.61. The fourth-order valence-electron chi connectivity index (χ4n) is 2.21. The summed E-state index contributed by atoms with van der Waals surface area (Å²) in [5.74, 6) is 0. The normalized spacial score (nSPS) is 15.1. The average Bonchev–Trinajstić information content (AvgIpc) is 2.50. The molecule has 1 aromatic heterocycles. The second-order valence-corrected chi connectivity index (χ2v) is 5.62. The summed E-state index contributed by atoms with van der Waals surface area (Å²) in [6.45, 7) is 0.958. The fourth-order valence-corrected chi connectivity index (χ4v) is 3.13. The average molecular weight is 268 g/mol. The summed E-state index contributed by atoms with van der Waals surface area (Å²) in [7, 11) is 0. The van der Waals surface area contributed by atoms with Crippen LogP contribution in [0.2, 0.25) is 0 Å². The van der Waals surface area contributed by atoms with Crippen molar-refractivity contribution in [2.24, 2.45) is 4.99 Å². The minimum atomic E-state index is 0.958. The van der Waals surface area contributed by atoms with Gasteiger partial charge >= 0.3 is 0 Å². The molecule has 1 aliphatic heterocycles. The fraction of sp³-hybridized carbons (Fsp3) is 0.250. The lowest BCUT2D eigenvalue weighted by Gasteiger charge is -2.14. The standard InChI is InChI=1S/C16H16N2S/c1-2-7-13(8-3-1)19-16-14(9-6-12-18-16)15-10-4-5-11-17-15/h1-3,6-9,12H,4-5,10-11H2. The maximum atomic E-state index is 4.67. The Morgan fingerprint density at radius 2 is 1.84 bits per heavy atom. The number of hydrogen-bond donors (Lipinski definition) is 0. The van der Waals surface area contributed by atoms with Gasteiger partial charge in [-0.1, -0.05) is 30.0 Å². The highest BCUT2D eigenvalue weighted by atomic mass is 32.2. The molecule has 0 spiro atoms. The maximum Gasteiger partial charge on any atom is 0.110 e. The summed E-state index contributed by atoms with van der Waals surface area (Å²) in [5.41, 5.74) is 2.42. The molecule has 0 atom stereocenters. The van der Waals surface area contributed by atoms with Gasteiger partial charge in [-0.05, 0) is 43.5 Å². The molecule has 1 aromatic carbocycles. The molecule has 0 amide bonds. The molecule has 1 aliphatic rings. The molecule has 0 unspecified atom stereocenters. The Labute approximate surface area is 118 Å². The van der Waals surface area contributed by atoms with Crippen molar-refractivity contribution in [1.82, 2.24) is 4.98 Å². The molecule has 0 radical (unpaired) electrons. The molecule has 3 heteroatoms. The van der Waals surface area contributed by atoms with Crippen LogP contribution in [-0.4, -0.2) is 17.2 Å². The molecule has 0 aliphatic carbocycles. The van der Waals surface area contributed by atoms with Crippen LogP contribution in [0.25, 0.3) is 0 Å². The van der Waals surface area contributed by atoms with Crippen LogP contribution in [0, 0.1) is 0 Å². The van der Waals surface area contributed by atoms with Gasteiger partial charge in [0.1, 0.15) is 5.03 Å². The minimum Gasteiger partial charge on any atom is -0.289 e. The smallest absolute Gasteiger partial charge is 0.110 e. The van der Waals surface area contributed by atoms with Crippen LogP contribution in [0.1, 0.15) is 24.8 Å². The van der Waals surface area contributed by atoms with Crippen LogP contribution < -0.4 is 0 Å². The van der Waals surface area contributed by atoms with Gasteiger partial charge in [0.2, 0.25) is 0 Å². The zero-order valence-corrected chi connectivity index (χ0v) is 11.6. The Kier molecular flexibility index (Phi) is 3.94. The van der Waals surface area contributed by atoms with Crippen molar-refractivity contribution in [3.05, 3.63) is 54.2 Å². The third-order valence-corrected chi connectivity index (χ3v) is 4.19. The van der Waals surface area contributed by atoms with Crippen molar-refractivity contribution in [2.45, 2.75) is 29.2 Å². The largest absolute Gasteiger partial charge is 0.289 e. The van der Waals surface area contributed by atoms with Gasteiger partial charge in [0, 0.05) is 28.9 Å². The van der Waals surface area contributed by atoms with Gasteiger partial charge in [-0.2, -0.15) is 0 Å². The second kappa shape index (κ2) is 6.02. The van der Waals surface area contributed by atoms with Gasteiger partial charge < -0.3 is 0 Å². The van der Waals surface area contributed by atoms with Crippen LogP contribution in [-0.2, 0) is 0 Å². The molecular weight excluding hydrogens is 252 g/mol. The molecule has 3 rings (SSSR count).